The maximum absolute atomic E-state index is 12.5. The molecule has 5 heteroatoms. The molecule has 2 rings (SSSR count). The molecule has 0 N–H and O–H groups in total. The molecular formula is C27H33NO3S. The highest BCUT2D eigenvalue weighted by molar-refractivity contribution is 7.94. The fourth-order valence-corrected chi connectivity index (χ4v) is 4.72. The molecule has 170 valence electrons. The number of rotatable bonds is 9. The van der Waals surface area contributed by atoms with Crippen LogP contribution in [0.15, 0.2) is 64.9 Å². The maximum Gasteiger partial charge on any atom is 0.199 e. The van der Waals surface area contributed by atoms with E-state index >= 15 is 0 Å². The van der Waals surface area contributed by atoms with Gasteiger partial charge in [-0.15, -0.1) is 0 Å². The summed E-state index contributed by atoms with van der Waals surface area (Å²) in [5.74, 6) is 1.11. The van der Waals surface area contributed by atoms with Crippen LogP contribution in [0.1, 0.15) is 63.1 Å². The number of methoxy groups -OCH3 is 1. The lowest BCUT2D eigenvalue weighted by molar-refractivity contribution is 0.407. The van der Waals surface area contributed by atoms with Gasteiger partial charge in [0.05, 0.1) is 23.6 Å². The average Bonchev–Trinajstić information content (AvgIpc) is 2.76. The minimum absolute atomic E-state index is 0.285. The Balaban J connectivity index is 2.19. The molecule has 0 aliphatic rings. The predicted molar refractivity (Wildman–Crippen MR) is 131 cm³/mol. The van der Waals surface area contributed by atoms with Crippen LogP contribution in [0.4, 0.5) is 0 Å². The van der Waals surface area contributed by atoms with Crippen molar-refractivity contribution in [1.82, 2.24) is 0 Å². The Hall–Kier alpha value is -2.84. The van der Waals surface area contributed by atoms with Crippen LogP contribution >= 0.6 is 0 Å². The third-order valence-electron chi connectivity index (χ3n) is 5.52. The Morgan fingerprint density at radius 3 is 2.41 bits per heavy atom. The molecule has 0 aliphatic carbocycles. The van der Waals surface area contributed by atoms with Crippen LogP contribution in [0.5, 0.6) is 5.75 Å². The van der Waals surface area contributed by atoms with E-state index in [-0.39, 0.29) is 10.3 Å². The first-order chi connectivity index (χ1) is 15.0. The second kappa shape index (κ2) is 10.7. The van der Waals surface area contributed by atoms with E-state index < -0.39 is 9.84 Å². The lowest BCUT2D eigenvalue weighted by Gasteiger charge is -2.19. The average molecular weight is 452 g/mol. The van der Waals surface area contributed by atoms with Gasteiger partial charge in [-0.2, -0.15) is 5.26 Å². The normalized spacial score (nSPS) is 12.9. The number of nitrogens with zero attached hydrogens (tertiary/aromatic N) is 1. The number of ether oxygens (including phenoxy) is 1. The van der Waals surface area contributed by atoms with Crippen molar-refractivity contribution in [3.8, 4) is 11.8 Å². The first-order valence-electron chi connectivity index (χ1n) is 10.8. The summed E-state index contributed by atoms with van der Waals surface area (Å²) in [7, 11) is -1.82. The largest absolute Gasteiger partial charge is 0.496 e. The standard InChI is InChI=1S/C27H33NO3S/c1-20(2)24-17-21(3)25(18-26(24)31-6)22(19-28)11-10-14-27(4,5)15-16-32(29,30)23-12-8-7-9-13-23/h7-9,11-13,15-18,20H,10,14H2,1-6H3/b16-15+,22-11-. The smallest absolute Gasteiger partial charge is 0.199 e. The number of hydrogen-bond donors (Lipinski definition) is 0. The molecule has 0 aromatic heterocycles. The molecule has 0 spiro atoms. The van der Waals surface area contributed by atoms with Gasteiger partial charge in [-0.1, -0.05) is 64.1 Å². The third kappa shape index (κ3) is 6.58. The van der Waals surface area contributed by atoms with E-state index in [2.05, 4.69) is 26.0 Å². The zero-order valence-corrected chi connectivity index (χ0v) is 20.7. The molecular weight excluding hydrogens is 418 g/mol. The van der Waals surface area contributed by atoms with Crippen molar-refractivity contribution < 1.29 is 13.2 Å². The van der Waals surface area contributed by atoms with E-state index in [1.54, 1.807) is 43.5 Å². The zero-order chi connectivity index (χ0) is 23.9. The number of allylic oxidation sites excluding steroid dienone is 3. The van der Waals surface area contributed by atoms with Crippen LogP contribution in [-0.4, -0.2) is 15.5 Å². The molecule has 0 saturated heterocycles. The van der Waals surface area contributed by atoms with Crippen molar-refractivity contribution in [2.75, 3.05) is 7.11 Å². The molecule has 0 fully saturated rings. The van der Waals surface area contributed by atoms with Crippen LogP contribution in [0.3, 0.4) is 0 Å². The molecule has 32 heavy (non-hydrogen) atoms. The van der Waals surface area contributed by atoms with Gasteiger partial charge in [0.1, 0.15) is 5.75 Å². The lowest BCUT2D eigenvalue weighted by atomic mass is 9.87. The van der Waals surface area contributed by atoms with Gasteiger partial charge in [-0.05, 0) is 66.0 Å². The lowest BCUT2D eigenvalue weighted by Crippen LogP contribution is -2.08. The van der Waals surface area contributed by atoms with Crippen molar-refractivity contribution >= 4 is 15.4 Å². The van der Waals surface area contributed by atoms with Crippen molar-refractivity contribution in [3.63, 3.8) is 0 Å². The van der Waals surface area contributed by atoms with Crippen molar-refractivity contribution in [3.05, 3.63) is 76.7 Å². The number of sulfone groups is 1. The molecule has 0 aliphatic heterocycles. The molecule has 0 bridgehead atoms. The van der Waals surface area contributed by atoms with Gasteiger partial charge in [0.2, 0.25) is 0 Å². The van der Waals surface area contributed by atoms with Gasteiger partial charge < -0.3 is 4.74 Å². The molecule has 0 saturated carbocycles. The second-order valence-electron chi connectivity index (χ2n) is 8.98. The van der Waals surface area contributed by atoms with Gasteiger partial charge in [-0.25, -0.2) is 8.42 Å². The number of benzene rings is 2. The van der Waals surface area contributed by atoms with Crippen LogP contribution < -0.4 is 4.74 Å². The van der Waals surface area contributed by atoms with E-state index in [0.29, 0.717) is 24.3 Å². The summed E-state index contributed by atoms with van der Waals surface area (Å²) in [4.78, 5) is 0.285. The Labute approximate surface area is 193 Å². The van der Waals surface area contributed by atoms with Crippen LogP contribution in [0.25, 0.3) is 5.57 Å². The summed E-state index contributed by atoms with van der Waals surface area (Å²) in [6.07, 6.45) is 5.03. The summed E-state index contributed by atoms with van der Waals surface area (Å²) in [6, 6.07) is 14.7. The quantitative estimate of drug-likeness (QED) is 0.392. The van der Waals surface area contributed by atoms with Gasteiger partial charge >= 0.3 is 0 Å². The minimum atomic E-state index is -3.47. The fraction of sp³-hybridized carbons (Fsp3) is 0.370. The summed E-state index contributed by atoms with van der Waals surface area (Å²) >= 11 is 0. The fourth-order valence-electron chi connectivity index (χ4n) is 3.48. The second-order valence-corrected chi connectivity index (χ2v) is 10.8. The first kappa shape index (κ1) is 25.4. The van der Waals surface area contributed by atoms with Crippen LogP contribution in [-0.2, 0) is 9.84 Å². The minimum Gasteiger partial charge on any atom is -0.496 e. The van der Waals surface area contributed by atoms with Crippen molar-refractivity contribution in [2.45, 2.75) is 58.3 Å². The highest BCUT2D eigenvalue weighted by Gasteiger charge is 2.18. The maximum atomic E-state index is 12.5. The highest BCUT2D eigenvalue weighted by atomic mass is 32.2. The van der Waals surface area contributed by atoms with Gasteiger partial charge in [0, 0.05) is 5.41 Å². The number of hydrogen-bond acceptors (Lipinski definition) is 4. The predicted octanol–water partition coefficient (Wildman–Crippen LogP) is 6.83. The highest BCUT2D eigenvalue weighted by Crippen LogP contribution is 2.33. The summed E-state index contributed by atoms with van der Waals surface area (Å²) in [6.45, 7) is 10.2. The Bertz CT molecular complexity index is 1140. The molecule has 4 nitrogen and oxygen atoms in total. The van der Waals surface area contributed by atoms with Gasteiger partial charge in [0.15, 0.2) is 9.84 Å². The van der Waals surface area contributed by atoms with E-state index in [1.807, 2.05) is 32.9 Å². The zero-order valence-electron chi connectivity index (χ0n) is 19.8. The Kier molecular flexibility index (Phi) is 8.46. The van der Waals surface area contributed by atoms with E-state index in [1.165, 1.54) is 5.41 Å². The Morgan fingerprint density at radius 1 is 1.19 bits per heavy atom. The van der Waals surface area contributed by atoms with E-state index in [4.69, 9.17) is 4.74 Å². The Morgan fingerprint density at radius 2 is 1.84 bits per heavy atom. The molecule has 0 atom stereocenters. The molecule has 0 radical (unpaired) electrons. The van der Waals surface area contributed by atoms with Crippen molar-refractivity contribution in [2.24, 2.45) is 5.41 Å². The molecule has 2 aromatic rings. The van der Waals surface area contributed by atoms with Gasteiger partial charge in [-0.3, -0.25) is 0 Å². The number of nitriles is 1. The summed E-state index contributed by atoms with van der Waals surface area (Å²) in [5.41, 5.74) is 3.29. The molecule has 0 amide bonds. The molecule has 2 aromatic carbocycles. The first-order valence-corrected chi connectivity index (χ1v) is 12.3. The van der Waals surface area contributed by atoms with E-state index in [0.717, 1.165) is 22.4 Å². The SMILES string of the molecule is COc1cc(/C(C#N)=C\CCC(C)(C)/C=C/S(=O)(=O)c2ccccc2)c(C)cc1C(C)C. The van der Waals surface area contributed by atoms with Gasteiger partial charge in [0.25, 0.3) is 0 Å². The number of aryl methyl sites for hydroxylation is 1. The van der Waals surface area contributed by atoms with Crippen LogP contribution in [0, 0.1) is 23.7 Å². The third-order valence-corrected chi connectivity index (χ3v) is 6.94. The summed E-state index contributed by atoms with van der Waals surface area (Å²) in [5, 5.41) is 11.0. The van der Waals surface area contributed by atoms with Crippen molar-refractivity contribution in [1.29, 1.82) is 5.26 Å². The monoisotopic (exact) mass is 451 g/mol. The topological polar surface area (TPSA) is 67.2 Å². The summed E-state index contributed by atoms with van der Waals surface area (Å²) < 4.78 is 30.6. The van der Waals surface area contributed by atoms with Crippen LogP contribution in [0.2, 0.25) is 0 Å². The molecule has 0 heterocycles. The molecule has 0 unspecified atom stereocenters. The van der Waals surface area contributed by atoms with E-state index in [9.17, 15) is 13.7 Å².